The van der Waals surface area contributed by atoms with E-state index >= 15 is 0 Å². The van der Waals surface area contributed by atoms with E-state index in [9.17, 15) is 0 Å². The fourth-order valence-corrected chi connectivity index (χ4v) is 4.11. The third-order valence-corrected chi connectivity index (χ3v) is 5.91. The first-order valence-corrected chi connectivity index (χ1v) is 9.83. The van der Waals surface area contributed by atoms with Crippen LogP contribution in [0.15, 0.2) is 18.3 Å². The highest BCUT2D eigenvalue weighted by molar-refractivity contribution is 6.35. The van der Waals surface area contributed by atoms with Gasteiger partial charge in [-0.1, -0.05) is 11.6 Å². The Morgan fingerprint density at radius 3 is 2.43 bits per heavy atom. The molecule has 0 atom stereocenters. The average molecular weight is 430 g/mol. The highest BCUT2D eigenvalue weighted by Crippen LogP contribution is 2.43. The minimum Gasteiger partial charge on any atom is -0.496 e. The number of benzene rings is 1. The number of ether oxygens (including phenoxy) is 3. The number of pyridine rings is 1. The van der Waals surface area contributed by atoms with Gasteiger partial charge in [-0.2, -0.15) is 0 Å². The van der Waals surface area contributed by atoms with Crippen LogP contribution in [0.25, 0.3) is 22.3 Å². The van der Waals surface area contributed by atoms with E-state index in [1.54, 1.807) is 39.7 Å². The van der Waals surface area contributed by atoms with Crippen LogP contribution in [0.1, 0.15) is 12.5 Å². The van der Waals surface area contributed by atoms with Gasteiger partial charge in [0, 0.05) is 42.8 Å². The lowest BCUT2D eigenvalue weighted by Crippen LogP contribution is -2.61. The molecule has 158 valence electrons. The van der Waals surface area contributed by atoms with Crippen molar-refractivity contribution in [3.63, 3.8) is 0 Å². The zero-order valence-electron chi connectivity index (χ0n) is 17.6. The molecular formula is C21H24ClN5O3. The molecule has 4 rings (SSSR count). The quantitative estimate of drug-likeness (QED) is 0.658. The molecule has 0 unspecified atom stereocenters. The van der Waals surface area contributed by atoms with E-state index in [0.29, 0.717) is 52.3 Å². The van der Waals surface area contributed by atoms with Crippen molar-refractivity contribution in [3.8, 4) is 22.9 Å². The molecule has 30 heavy (non-hydrogen) atoms. The summed E-state index contributed by atoms with van der Waals surface area (Å²) in [4.78, 5) is 16.0. The molecule has 1 aliphatic heterocycles. The Balaban J connectivity index is 1.95. The van der Waals surface area contributed by atoms with Gasteiger partial charge in [0.25, 0.3) is 0 Å². The van der Waals surface area contributed by atoms with Crippen LogP contribution >= 0.6 is 11.6 Å². The van der Waals surface area contributed by atoms with E-state index in [1.807, 2.05) is 6.92 Å². The zero-order valence-corrected chi connectivity index (χ0v) is 18.4. The number of fused-ring (bicyclic) bond motifs is 1. The summed E-state index contributed by atoms with van der Waals surface area (Å²) in [5.41, 5.74) is 7.87. The summed E-state index contributed by atoms with van der Waals surface area (Å²) in [5.74, 6) is 2.77. The van der Waals surface area contributed by atoms with Crippen molar-refractivity contribution in [2.75, 3.05) is 45.1 Å². The number of rotatable bonds is 5. The maximum absolute atomic E-state index is 6.67. The van der Waals surface area contributed by atoms with Gasteiger partial charge in [0.05, 0.1) is 36.6 Å². The van der Waals surface area contributed by atoms with E-state index in [-0.39, 0.29) is 5.60 Å². The molecule has 0 spiro atoms. The van der Waals surface area contributed by atoms with Gasteiger partial charge in [-0.3, -0.25) is 0 Å². The maximum Gasteiger partial charge on any atom is 0.164 e. The van der Waals surface area contributed by atoms with E-state index in [4.69, 9.17) is 41.5 Å². The summed E-state index contributed by atoms with van der Waals surface area (Å²) in [6.45, 7) is 5.38. The normalized spacial score (nSPS) is 15.2. The molecule has 0 amide bonds. The van der Waals surface area contributed by atoms with Gasteiger partial charge in [-0.25, -0.2) is 15.0 Å². The summed E-state index contributed by atoms with van der Waals surface area (Å²) in [5, 5.41) is 1.25. The molecule has 0 saturated carbocycles. The Morgan fingerprint density at radius 1 is 1.10 bits per heavy atom. The monoisotopic (exact) mass is 429 g/mol. The van der Waals surface area contributed by atoms with Gasteiger partial charge in [0.2, 0.25) is 0 Å². The van der Waals surface area contributed by atoms with Crippen molar-refractivity contribution in [2.24, 2.45) is 0 Å². The van der Waals surface area contributed by atoms with E-state index in [0.717, 1.165) is 16.8 Å². The summed E-state index contributed by atoms with van der Waals surface area (Å²) < 4.78 is 16.5. The predicted octanol–water partition coefficient (Wildman–Crippen LogP) is 3.48. The highest BCUT2D eigenvalue weighted by atomic mass is 35.5. The number of nitrogens with two attached hydrogens (primary N) is 1. The summed E-state index contributed by atoms with van der Waals surface area (Å²) in [6.07, 6.45) is 1.65. The maximum atomic E-state index is 6.67. The van der Waals surface area contributed by atoms with Gasteiger partial charge < -0.3 is 24.8 Å². The zero-order chi connectivity index (χ0) is 21.6. The van der Waals surface area contributed by atoms with Crippen LogP contribution < -0.4 is 20.1 Å². The summed E-state index contributed by atoms with van der Waals surface area (Å²) >= 11 is 6.67. The van der Waals surface area contributed by atoms with Crippen molar-refractivity contribution in [1.29, 1.82) is 0 Å². The van der Waals surface area contributed by atoms with Crippen molar-refractivity contribution >= 4 is 34.1 Å². The molecule has 1 saturated heterocycles. The Bertz CT molecular complexity index is 1100. The predicted molar refractivity (Wildman–Crippen MR) is 118 cm³/mol. The largest absolute Gasteiger partial charge is 0.496 e. The van der Waals surface area contributed by atoms with Gasteiger partial charge in [0.15, 0.2) is 5.82 Å². The average Bonchev–Trinajstić information content (AvgIpc) is 2.71. The molecule has 1 fully saturated rings. The first kappa shape index (κ1) is 20.4. The second-order valence-electron chi connectivity index (χ2n) is 7.60. The molecule has 1 aliphatic rings. The van der Waals surface area contributed by atoms with Gasteiger partial charge in [0.1, 0.15) is 23.1 Å². The van der Waals surface area contributed by atoms with Crippen LogP contribution in [-0.4, -0.2) is 55.0 Å². The molecule has 3 aromatic rings. The molecule has 8 nitrogen and oxygen atoms in total. The first-order valence-electron chi connectivity index (χ1n) is 9.45. The van der Waals surface area contributed by atoms with Crippen molar-refractivity contribution in [1.82, 2.24) is 15.0 Å². The molecule has 1 aromatic carbocycles. The van der Waals surface area contributed by atoms with Crippen LogP contribution in [0.2, 0.25) is 5.02 Å². The molecular weight excluding hydrogens is 406 g/mol. The van der Waals surface area contributed by atoms with E-state index < -0.39 is 0 Å². The standard InChI is InChI=1S/C21H24ClN5O3/c1-11-14(28-3)7-15(29-4)18(22)17(11)19-25-13-8-24-16(23)6-12(13)20(26-19)27-9-21(2,10-27)30-5/h6-8H,9-10H2,1-5H3,(H2,23,24). The van der Waals surface area contributed by atoms with Crippen LogP contribution in [0.4, 0.5) is 11.6 Å². The Morgan fingerprint density at radius 2 is 1.80 bits per heavy atom. The van der Waals surface area contributed by atoms with Gasteiger partial charge >= 0.3 is 0 Å². The first-order chi connectivity index (χ1) is 14.3. The van der Waals surface area contributed by atoms with Crippen LogP contribution in [0.5, 0.6) is 11.5 Å². The second-order valence-corrected chi connectivity index (χ2v) is 7.98. The SMILES string of the molecule is COc1cc(OC)c(Cl)c(-c2nc(N3CC(C)(OC)C3)c3cc(N)ncc3n2)c1C. The minimum absolute atomic E-state index is 0.219. The number of anilines is 2. The number of nitrogens with zero attached hydrogens (tertiary/aromatic N) is 4. The Kier molecular flexibility index (Phi) is 5.07. The lowest BCUT2D eigenvalue weighted by Gasteiger charge is -2.47. The highest BCUT2D eigenvalue weighted by Gasteiger charge is 2.40. The molecule has 0 radical (unpaired) electrons. The Hall–Kier alpha value is -2.84. The number of nitrogen functional groups attached to an aromatic ring is 1. The minimum atomic E-state index is -0.219. The van der Waals surface area contributed by atoms with Crippen LogP contribution in [0, 0.1) is 6.92 Å². The Labute approximate surface area is 179 Å². The fourth-order valence-electron chi connectivity index (χ4n) is 3.75. The molecule has 9 heteroatoms. The molecule has 2 aromatic heterocycles. The van der Waals surface area contributed by atoms with Crippen LogP contribution in [-0.2, 0) is 4.74 Å². The molecule has 3 heterocycles. The fraction of sp³-hybridized carbons (Fsp3) is 0.381. The molecule has 0 aliphatic carbocycles. The topological polar surface area (TPSA) is 95.6 Å². The number of aromatic nitrogens is 3. The second kappa shape index (κ2) is 7.45. The van der Waals surface area contributed by atoms with Crippen molar-refractivity contribution in [3.05, 3.63) is 28.9 Å². The lowest BCUT2D eigenvalue weighted by molar-refractivity contribution is -0.0170. The number of hydrogen-bond donors (Lipinski definition) is 1. The summed E-state index contributed by atoms with van der Waals surface area (Å²) in [6, 6.07) is 3.54. The van der Waals surface area contributed by atoms with Crippen LogP contribution in [0.3, 0.4) is 0 Å². The van der Waals surface area contributed by atoms with Crippen molar-refractivity contribution in [2.45, 2.75) is 19.4 Å². The van der Waals surface area contributed by atoms with Gasteiger partial charge in [-0.15, -0.1) is 0 Å². The van der Waals surface area contributed by atoms with E-state index in [2.05, 4.69) is 16.8 Å². The molecule has 2 N–H and O–H groups in total. The number of methoxy groups -OCH3 is 3. The number of halogens is 1. The van der Waals surface area contributed by atoms with Crippen molar-refractivity contribution < 1.29 is 14.2 Å². The third kappa shape index (κ3) is 3.26. The van der Waals surface area contributed by atoms with E-state index in [1.165, 1.54) is 0 Å². The lowest BCUT2D eigenvalue weighted by atomic mass is 9.96. The summed E-state index contributed by atoms with van der Waals surface area (Å²) in [7, 11) is 4.88. The third-order valence-electron chi connectivity index (χ3n) is 5.53. The smallest absolute Gasteiger partial charge is 0.164 e. The molecule has 0 bridgehead atoms. The number of hydrogen-bond acceptors (Lipinski definition) is 8. The van der Waals surface area contributed by atoms with Gasteiger partial charge in [-0.05, 0) is 19.9 Å².